The van der Waals surface area contributed by atoms with Gasteiger partial charge >= 0.3 is 0 Å². The lowest BCUT2D eigenvalue weighted by molar-refractivity contribution is 0.461. The van der Waals surface area contributed by atoms with Crippen LogP contribution >= 0.6 is 11.3 Å². The number of thiophene rings is 1. The lowest BCUT2D eigenvalue weighted by atomic mass is 9.77. The molecule has 2 rings (SSSR count). The van der Waals surface area contributed by atoms with Crippen molar-refractivity contribution in [2.75, 3.05) is 0 Å². The van der Waals surface area contributed by atoms with Gasteiger partial charge in [-0.1, -0.05) is 0 Å². The Hall–Kier alpha value is -1.32. The molecule has 1 heterocycles. The Morgan fingerprint density at radius 3 is 1.73 bits per heavy atom. The third kappa shape index (κ3) is 1.54. The third-order valence-corrected chi connectivity index (χ3v) is 4.29. The molecule has 15 heavy (non-hydrogen) atoms. The van der Waals surface area contributed by atoms with Crippen LogP contribution < -0.4 is 0 Å². The van der Waals surface area contributed by atoms with Gasteiger partial charge in [0.05, 0.1) is 24.0 Å². The lowest BCUT2D eigenvalue weighted by Crippen LogP contribution is -2.22. The van der Waals surface area contributed by atoms with E-state index in [1.165, 1.54) is 20.9 Å². The standard InChI is InChI=1S/C12H12N2S/c1-7-11-3-9(5-13)10(6-14)4-12(11)8(2)15-7/h9-10H,3-4H2,1-2H3/t9-,10-/m0/s1. The van der Waals surface area contributed by atoms with Crippen LogP contribution in [-0.2, 0) is 12.8 Å². The summed E-state index contributed by atoms with van der Waals surface area (Å²) < 4.78 is 0. The van der Waals surface area contributed by atoms with Crippen molar-refractivity contribution in [2.45, 2.75) is 26.7 Å². The average molecular weight is 216 g/mol. The molecule has 1 aliphatic carbocycles. The minimum atomic E-state index is -0.116. The van der Waals surface area contributed by atoms with E-state index in [0.717, 1.165) is 12.8 Å². The van der Waals surface area contributed by atoms with E-state index >= 15 is 0 Å². The van der Waals surface area contributed by atoms with Crippen LogP contribution in [0.2, 0.25) is 0 Å². The van der Waals surface area contributed by atoms with E-state index in [1.54, 1.807) is 11.3 Å². The van der Waals surface area contributed by atoms with E-state index in [2.05, 4.69) is 26.0 Å². The lowest BCUT2D eigenvalue weighted by Gasteiger charge is -2.22. The Morgan fingerprint density at radius 2 is 1.40 bits per heavy atom. The number of fused-ring (bicyclic) bond motifs is 1. The molecule has 0 radical (unpaired) electrons. The van der Waals surface area contributed by atoms with Crippen molar-refractivity contribution < 1.29 is 0 Å². The number of nitriles is 2. The highest BCUT2D eigenvalue weighted by Gasteiger charge is 2.31. The fourth-order valence-electron chi connectivity index (χ4n) is 2.31. The van der Waals surface area contributed by atoms with Crippen LogP contribution in [0.4, 0.5) is 0 Å². The molecule has 0 unspecified atom stereocenters. The van der Waals surface area contributed by atoms with Crippen LogP contribution in [0.25, 0.3) is 0 Å². The largest absolute Gasteiger partial charge is 0.198 e. The maximum atomic E-state index is 9.02. The Bertz CT molecular complexity index is 431. The van der Waals surface area contributed by atoms with E-state index in [9.17, 15) is 0 Å². The molecule has 0 amide bonds. The number of hydrogen-bond acceptors (Lipinski definition) is 3. The molecule has 2 nitrogen and oxygen atoms in total. The first-order chi connectivity index (χ1) is 7.17. The van der Waals surface area contributed by atoms with Crippen molar-refractivity contribution in [1.82, 2.24) is 0 Å². The highest BCUT2D eigenvalue weighted by atomic mass is 32.1. The van der Waals surface area contributed by atoms with Gasteiger partial charge in [-0.05, 0) is 37.8 Å². The number of aryl methyl sites for hydroxylation is 2. The Morgan fingerprint density at radius 1 is 1.00 bits per heavy atom. The molecule has 1 aromatic heterocycles. The van der Waals surface area contributed by atoms with Gasteiger partial charge in [0, 0.05) is 9.75 Å². The van der Waals surface area contributed by atoms with E-state index in [-0.39, 0.29) is 11.8 Å². The van der Waals surface area contributed by atoms with E-state index in [1.807, 2.05) is 0 Å². The molecule has 0 aliphatic heterocycles. The molecule has 0 fully saturated rings. The van der Waals surface area contributed by atoms with Gasteiger partial charge in [-0.25, -0.2) is 0 Å². The molecule has 0 saturated carbocycles. The number of hydrogen-bond donors (Lipinski definition) is 0. The van der Waals surface area contributed by atoms with E-state index < -0.39 is 0 Å². The molecule has 0 N–H and O–H groups in total. The first-order valence-electron chi connectivity index (χ1n) is 5.04. The summed E-state index contributed by atoms with van der Waals surface area (Å²) in [6, 6.07) is 4.53. The van der Waals surface area contributed by atoms with Crippen LogP contribution in [0, 0.1) is 48.3 Å². The molecule has 2 atom stereocenters. The smallest absolute Gasteiger partial charge is 0.0673 e. The summed E-state index contributed by atoms with van der Waals surface area (Å²) in [5.41, 5.74) is 2.66. The van der Waals surface area contributed by atoms with Crippen LogP contribution in [0.5, 0.6) is 0 Å². The van der Waals surface area contributed by atoms with Crippen molar-refractivity contribution in [1.29, 1.82) is 10.5 Å². The first-order valence-corrected chi connectivity index (χ1v) is 5.86. The normalized spacial score (nSPS) is 24.0. The van der Waals surface area contributed by atoms with Gasteiger partial charge in [-0.15, -0.1) is 11.3 Å². The van der Waals surface area contributed by atoms with Crippen molar-refractivity contribution in [3.63, 3.8) is 0 Å². The minimum absolute atomic E-state index is 0.116. The van der Waals surface area contributed by atoms with Crippen molar-refractivity contribution in [3.05, 3.63) is 20.9 Å². The molecule has 0 bridgehead atoms. The summed E-state index contributed by atoms with van der Waals surface area (Å²) in [4.78, 5) is 2.64. The van der Waals surface area contributed by atoms with Gasteiger partial charge in [-0.2, -0.15) is 10.5 Å². The molecular weight excluding hydrogens is 204 g/mol. The SMILES string of the molecule is Cc1sc(C)c2c1C[C@@H](C#N)[C@H](C#N)C2. The van der Waals surface area contributed by atoms with Crippen LogP contribution in [0.3, 0.4) is 0 Å². The zero-order valence-corrected chi connectivity index (χ0v) is 9.69. The number of rotatable bonds is 0. The predicted molar refractivity (Wildman–Crippen MR) is 59.4 cm³/mol. The fraction of sp³-hybridized carbons (Fsp3) is 0.500. The maximum Gasteiger partial charge on any atom is 0.0673 e. The molecule has 0 saturated heterocycles. The zero-order chi connectivity index (χ0) is 11.0. The highest BCUT2D eigenvalue weighted by molar-refractivity contribution is 7.12. The summed E-state index contributed by atoms with van der Waals surface area (Å²) >= 11 is 1.79. The Kier molecular flexibility index (Phi) is 2.50. The highest BCUT2D eigenvalue weighted by Crippen LogP contribution is 2.37. The fourth-order valence-corrected chi connectivity index (χ4v) is 3.43. The van der Waals surface area contributed by atoms with Gasteiger partial charge in [0.2, 0.25) is 0 Å². The van der Waals surface area contributed by atoms with Crippen molar-refractivity contribution in [2.24, 2.45) is 11.8 Å². The van der Waals surface area contributed by atoms with Crippen molar-refractivity contribution in [3.8, 4) is 12.1 Å². The van der Waals surface area contributed by atoms with Gasteiger partial charge in [0.1, 0.15) is 0 Å². The van der Waals surface area contributed by atoms with Gasteiger partial charge < -0.3 is 0 Å². The summed E-state index contributed by atoms with van der Waals surface area (Å²) in [5.74, 6) is -0.231. The van der Waals surface area contributed by atoms with Gasteiger partial charge in [0.25, 0.3) is 0 Å². The summed E-state index contributed by atoms with van der Waals surface area (Å²) in [6.45, 7) is 4.22. The third-order valence-electron chi connectivity index (χ3n) is 3.19. The second kappa shape index (κ2) is 3.68. The Labute approximate surface area is 93.8 Å². The van der Waals surface area contributed by atoms with E-state index in [0.29, 0.717) is 0 Å². The topological polar surface area (TPSA) is 47.6 Å². The molecular formula is C12H12N2S. The van der Waals surface area contributed by atoms with Crippen LogP contribution in [0.15, 0.2) is 0 Å². The van der Waals surface area contributed by atoms with E-state index in [4.69, 9.17) is 10.5 Å². The summed E-state index contributed by atoms with van der Waals surface area (Å²) in [6.07, 6.45) is 1.53. The van der Waals surface area contributed by atoms with Gasteiger partial charge in [0.15, 0.2) is 0 Å². The van der Waals surface area contributed by atoms with Crippen molar-refractivity contribution >= 4 is 11.3 Å². The minimum Gasteiger partial charge on any atom is -0.198 e. The molecule has 0 aromatic carbocycles. The first kappa shape index (κ1) is 10.2. The molecule has 1 aromatic rings. The summed E-state index contributed by atoms with van der Waals surface area (Å²) in [5, 5.41) is 18.0. The quantitative estimate of drug-likeness (QED) is 0.669. The second-order valence-corrected chi connectivity index (χ2v) is 5.48. The molecule has 3 heteroatoms. The monoisotopic (exact) mass is 216 g/mol. The molecule has 1 aliphatic rings. The van der Waals surface area contributed by atoms with Crippen LogP contribution in [-0.4, -0.2) is 0 Å². The predicted octanol–water partition coefficient (Wildman–Crippen LogP) is 2.74. The van der Waals surface area contributed by atoms with Gasteiger partial charge in [-0.3, -0.25) is 0 Å². The van der Waals surface area contributed by atoms with Crippen LogP contribution in [0.1, 0.15) is 20.9 Å². The molecule has 0 spiro atoms. The zero-order valence-electron chi connectivity index (χ0n) is 8.87. The average Bonchev–Trinajstić information content (AvgIpc) is 2.52. The number of nitrogens with zero attached hydrogens (tertiary/aromatic N) is 2. The molecule has 76 valence electrons. The summed E-state index contributed by atoms with van der Waals surface area (Å²) in [7, 11) is 0. The Balaban J connectivity index is 2.45. The maximum absolute atomic E-state index is 9.02. The second-order valence-electron chi connectivity index (χ2n) is 4.05.